The Morgan fingerprint density at radius 3 is 2.33 bits per heavy atom. The quantitative estimate of drug-likeness (QED) is 0.710. The molecule has 4 atom stereocenters. The van der Waals surface area contributed by atoms with Crippen molar-refractivity contribution in [3.05, 3.63) is 35.9 Å². The molecule has 2 fully saturated rings. The lowest BCUT2D eigenvalue weighted by Gasteiger charge is -2.40. The van der Waals surface area contributed by atoms with Gasteiger partial charge in [0.2, 0.25) is 0 Å². The van der Waals surface area contributed by atoms with Crippen molar-refractivity contribution in [1.29, 1.82) is 0 Å². The second-order valence-corrected chi connectivity index (χ2v) is 5.03. The molecule has 2 aliphatic heterocycles. The summed E-state index contributed by atoms with van der Waals surface area (Å²) in [4.78, 5) is 13.9. The molecule has 0 aliphatic carbocycles. The molecule has 1 aromatic carbocycles. The molecule has 96 valence electrons. The summed E-state index contributed by atoms with van der Waals surface area (Å²) in [7, 11) is 1.81. The average Bonchev–Trinajstić information content (AvgIpc) is 3.04. The molecule has 1 amide bonds. The lowest BCUT2D eigenvalue weighted by atomic mass is 9.98. The molecule has 2 saturated heterocycles. The van der Waals surface area contributed by atoms with Gasteiger partial charge in [0, 0.05) is 7.05 Å². The number of hydrogen-bond acceptors (Lipinski definition) is 3. The first-order chi connectivity index (χ1) is 8.56. The predicted octanol–water partition coefficient (Wildman–Crippen LogP) is 1.72. The predicted molar refractivity (Wildman–Crippen MR) is 65.8 cm³/mol. The van der Waals surface area contributed by atoms with Crippen molar-refractivity contribution in [2.24, 2.45) is 0 Å². The normalized spacial score (nSPS) is 39.2. The fourth-order valence-electron chi connectivity index (χ4n) is 2.54. The Morgan fingerprint density at radius 1 is 1.17 bits per heavy atom. The third-order valence-corrected chi connectivity index (χ3v) is 3.93. The molecule has 2 heterocycles. The van der Waals surface area contributed by atoms with Gasteiger partial charge in [-0.1, -0.05) is 30.3 Å². The number of nitrogens with zero attached hydrogens (tertiary/aromatic N) is 1. The summed E-state index contributed by atoms with van der Waals surface area (Å²) in [5.41, 5.74) is 1.08. The summed E-state index contributed by atoms with van der Waals surface area (Å²) in [6.45, 7) is 3.86. The molecular formula is C14H17NO3. The number of benzene rings is 1. The van der Waals surface area contributed by atoms with Crippen LogP contribution in [0.1, 0.15) is 25.5 Å². The van der Waals surface area contributed by atoms with E-state index in [2.05, 4.69) is 0 Å². The van der Waals surface area contributed by atoms with Crippen LogP contribution < -0.4 is 0 Å². The molecular weight excluding hydrogens is 230 g/mol. The third-order valence-electron chi connectivity index (χ3n) is 3.93. The van der Waals surface area contributed by atoms with Crippen molar-refractivity contribution in [1.82, 2.24) is 4.90 Å². The zero-order chi connectivity index (χ0) is 12.9. The van der Waals surface area contributed by atoms with E-state index in [0.29, 0.717) is 0 Å². The Bertz CT molecular complexity index is 475. The number of carbonyl (C=O) groups is 1. The van der Waals surface area contributed by atoms with Gasteiger partial charge in [0.1, 0.15) is 12.2 Å². The Balaban J connectivity index is 1.94. The van der Waals surface area contributed by atoms with E-state index in [1.54, 1.807) is 4.90 Å². The molecule has 18 heavy (non-hydrogen) atoms. The van der Waals surface area contributed by atoms with Gasteiger partial charge in [-0.15, -0.1) is 0 Å². The lowest BCUT2D eigenvalue weighted by molar-refractivity contribution is -0.193. The number of carbonyl (C=O) groups excluding carboxylic acids is 1. The van der Waals surface area contributed by atoms with Gasteiger partial charge in [0.05, 0.1) is 6.04 Å². The summed E-state index contributed by atoms with van der Waals surface area (Å²) < 4.78 is 11.4. The summed E-state index contributed by atoms with van der Waals surface area (Å²) in [5.74, 6) is -1.11. The fourth-order valence-corrected chi connectivity index (χ4v) is 2.54. The average molecular weight is 247 g/mol. The molecule has 4 nitrogen and oxygen atoms in total. The molecule has 0 bridgehead atoms. The van der Waals surface area contributed by atoms with Gasteiger partial charge in [-0.2, -0.15) is 0 Å². The summed E-state index contributed by atoms with van der Waals surface area (Å²) in [6.07, 6.45) is -0.301. The Kier molecular flexibility index (Phi) is 2.47. The molecule has 2 aliphatic rings. The molecule has 1 aromatic rings. The van der Waals surface area contributed by atoms with E-state index in [0.717, 1.165) is 5.56 Å². The smallest absolute Gasteiger partial charge is 0.285 e. The zero-order valence-corrected chi connectivity index (χ0v) is 10.8. The maximum absolute atomic E-state index is 12.2. The van der Waals surface area contributed by atoms with Crippen LogP contribution in [0.3, 0.4) is 0 Å². The van der Waals surface area contributed by atoms with Crippen LogP contribution in [0, 0.1) is 0 Å². The van der Waals surface area contributed by atoms with E-state index >= 15 is 0 Å². The summed E-state index contributed by atoms with van der Waals surface area (Å²) in [5, 5.41) is 0. The molecule has 0 saturated carbocycles. The highest BCUT2D eigenvalue weighted by atomic mass is 16.8. The fraction of sp³-hybridized carbons (Fsp3) is 0.500. The van der Waals surface area contributed by atoms with Crippen LogP contribution in [0.15, 0.2) is 30.3 Å². The van der Waals surface area contributed by atoms with Crippen LogP contribution in [0.5, 0.6) is 0 Å². The Morgan fingerprint density at radius 2 is 1.78 bits per heavy atom. The first-order valence-corrected chi connectivity index (χ1v) is 6.24. The molecule has 1 spiro atoms. The van der Waals surface area contributed by atoms with E-state index in [4.69, 9.17) is 9.47 Å². The first-order valence-electron chi connectivity index (χ1n) is 6.24. The highest BCUT2D eigenvalue weighted by molar-refractivity contribution is 5.87. The minimum Gasteiger partial charge on any atom is -0.335 e. The van der Waals surface area contributed by atoms with Crippen molar-refractivity contribution in [3.8, 4) is 0 Å². The second-order valence-electron chi connectivity index (χ2n) is 5.03. The van der Waals surface area contributed by atoms with Crippen LogP contribution in [-0.4, -0.2) is 35.8 Å². The topological polar surface area (TPSA) is 42.1 Å². The van der Waals surface area contributed by atoms with E-state index in [-0.39, 0.29) is 24.2 Å². The first kappa shape index (κ1) is 11.7. The summed E-state index contributed by atoms with van der Waals surface area (Å²) >= 11 is 0. The van der Waals surface area contributed by atoms with Crippen molar-refractivity contribution in [2.75, 3.05) is 7.05 Å². The van der Waals surface area contributed by atoms with Crippen molar-refractivity contribution in [2.45, 2.75) is 37.9 Å². The van der Waals surface area contributed by atoms with Gasteiger partial charge < -0.3 is 14.4 Å². The molecule has 0 N–H and O–H groups in total. The highest BCUT2D eigenvalue weighted by Crippen LogP contribution is 2.47. The van der Waals surface area contributed by atoms with Gasteiger partial charge in [-0.05, 0) is 19.4 Å². The number of epoxide rings is 1. The molecule has 0 aromatic heterocycles. The van der Waals surface area contributed by atoms with Gasteiger partial charge in [0.15, 0.2) is 0 Å². The number of morpholine rings is 1. The van der Waals surface area contributed by atoms with Gasteiger partial charge in [-0.3, -0.25) is 4.79 Å². The van der Waals surface area contributed by atoms with Gasteiger partial charge in [0.25, 0.3) is 11.7 Å². The van der Waals surface area contributed by atoms with Crippen LogP contribution >= 0.6 is 0 Å². The van der Waals surface area contributed by atoms with Crippen LogP contribution in [0.25, 0.3) is 0 Å². The minimum absolute atomic E-state index is 0.00178. The number of amides is 1. The van der Waals surface area contributed by atoms with Crippen LogP contribution in [0.4, 0.5) is 0 Å². The Labute approximate surface area is 106 Å². The van der Waals surface area contributed by atoms with Crippen LogP contribution in [-0.2, 0) is 14.3 Å². The lowest BCUT2D eigenvalue weighted by Crippen LogP contribution is -2.54. The van der Waals surface area contributed by atoms with Gasteiger partial charge >= 0.3 is 0 Å². The van der Waals surface area contributed by atoms with Crippen molar-refractivity contribution >= 4 is 5.91 Å². The highest BCUT2D eigenvalue weighted by Gasteiger charge is 2.67. The van der Waals surface area contributed by atoms with Crippen molar-refractivity contribution < 1.29 is 14.3 Å². The van der Waals surface area contributed by atoms with E-state index < -0.39 is 5.79 Å². The third kappa shape index (κ3) is 1.49. The maximum atomic E-state index is 12.2. The van der Waals surface area contributed by atoms with E-state index in [1.165, 1.54) is 0 Å². The SMILES string of the molecule is C[C@@H]1O[C@]12O[C@H](c1ccccc1)[C@H](C)N(C)C2=O. The number of likely N-dealkylation sites (N-methyl/N-ethyl adjacent to an activating group) is 1. The monoisotopic (exact) mass is 247 g/mol. The molecule has 3 rings (SSSR count). The molecule has 0 radical (unpaired) electrons. The number of rotatable bonds is 1. The standard InChI is InChI=1S/C14H17NO3/c1-9-12(11-7-5-4-6-8-11)18-14(10(2)17-14)13(16)15(9)3/h4-10,12H,1-3H3/t9-,10-,12-,14-/m0/s1. The summed E-state index contributed by atoms with van der Waals surface area (Å²) in [6, 6.07) is 9.97. The van der Waals surface area contributed by atoms with Crippen LogP contribution in [0.2, 0.25) is 0 Å². The number of hydrogen-bond donors (Lipinski definition) is 0. The number of ether oxygens (including phenoxy) is 2. The molecule has 0 unspecified atom stereocenters. The maximum Gasteiger partial charge on any atom is 0.285 e. The largest absolute Gasteiger partial charge is 0.335 e. The van der Waals surface area contributed by atoms with E-state index in [1.807, 2.05) is 51.2 Å². The minimum atomic E-state index is -1.04. The van der Waals surface area contributed by atoms with Crippen molar-refractivity contribution in [3.63, 3.8) is 0 Å². The molecule has 4 heteroatoms. The van der Waals surface area contributed by atoms with Gasteiger partial charge in [-0.25, -0.2) is 0 Å². The second kappa shape index (κ2) is 3.80. The Hall–Kier alpha value is -1.39. The zero-order valence-electron chi connectivity index (χ0n) is 10.8. The van der Waals surface area contributed by atoms with E-state index in [9.17, 15) is 4.79 Å².